The second kappa shape index (κ2) is 19.5. The molecule has 0 spiro atoms. The standard InChI is InChI=1S/C49H56F3N11O6/c50-38-25-59(18-16-40(38)68-22-2-4-30-3-1-5-35-43(36-12-13-42(64)56-48(36)65)58-63(45(30)35)32-10-11-32)24-29-6-8-31(9-7-29)62-26-39(44(57-62)46(51)52)54-49(66)37-23-53-61-21-17-41(55-47(37)61)60-19-14-33(15-20-60)69-34-27-67-28-34/h1,3,5,17,21,23,26,29,31-34,36,38,40,46H,6-16,18-20,22,24-25,27-28H2,(H,54,66)(H,56,64,65)/t29?,31?,36?,38-,40+/m0/s1. The van der Waals surface area contributed by atoms with Gasteiger partial charge in [-0.2, -0.15) is 15.3 Å². The molecule has 4 saturated heterocycles. The van der Waals surface area contributed by atoms with Gasteiger partial charge in [-0.15, -0.1) is 0 Å². The molecule has 3 amide bonds. The number of rotatable bonds is 13. The minimum atomic E-state index is -2.90. The molecule has 6 aliphatic rings. The number of carbonyl (C=O) groups excluding carboxylic acids is 3. The van der Waals surface area contributed by atoms with E-state index in [4.69, 9.17) is 24.3 Å². The molecule has 0 bridgehead atoms. The summed E-state index contributed by atoms with van der Waals surface area (Å²) >= 11 is 0. The van der Waals surface area contributed by atoms with Crippen LogP contribution in [0.2, 0.25) is 0 Å². The third kappa shape index (κ3) is 9.70. The summed E-state index contributed by atoms with van der Waals surface area (Å²) in [6.45, 7) is 4.53. The number of alkyl halides is 3. The Morgan fingerprint density at radius 3 is 2.51 bits per heavy atom. The molecule has 1 aromatic carbocycles. The molecular weight excluding hydrogens is 896 g/mol. The molecule has 3 atom stereocenters. The molecule has 0 radical (unpaired) electrons. The highest BCUT2D eigenvalue weighted by atomic mass is 19.3. The Hall–Kier alpha value is -5.88. The number of aromatic nitrogens is 7. The molecule has 2 N–H and O–H groups in total. The van der Waals surface area contributed by atoms with Crippen molar-refractivity contribution in [3.8, 4) is 11.8 Å². The molecule has 5 aromatic rings. The molecule has 4 aliphatic heterocycles. The van der Waals surface area contributed by atoms with Crippen LogP contribution in [0.1, 0.15) is 122 Å². The molecule has 11 rings (SSSR count). The van der Waals surface area contributed by atoms with Gasteiger partial charge in [0.05, 0.1) is 72.1 Å². The van der Waals surface area contributed by atoms with Gasteiger partial charge in [-0.1, -0.05) is 24.0 Å². The van der Waals surface area contributed by atoms with Crippen molar-refractivity contribution >= 4 is 45.8 Å². The number of hydrogen-bond donors (Lipinski definition) is 2. The maximum atomic E-state index is 15.6. The Labute approximate surface area is 396 Å². The highest BCUT2D eigenvalue weighted by Crippen LogP contribution is 2.41. The summed E-state index contributed by atoms with van der Waals surface area (Å²) in [5.41, 5.74) is 2.27. The van der Waals surface area contributed by atoms with Gasteiger partial charge in [0.25, 0.3) is 12.3 Å². The molecule has 4 aromatic heterocycles. The van der Waals surface area contributed by atoms with Crippen LogP contribution >= 0.6 is 0 Å². The van der Waals surface area contributed by atoms with Gasteiger partial charge in [-0.25, -0.2) is 22.7 Å². The van der Waals surface area contributed by atoms with Gasteiger partial charge >= 0.3 is 0 Å². The fourth-order valence-corrected chi connectivity index (χ4v) is 10.7. The monoisotopic (exact) mass is 951 g/mol. The Morgan fingerprint density at radius 1 is 0.957 bits per heavy atom. The quantitative estimate of drug-likeness (QED) is 0.106. The average Bonchev–Trinajstić information content (AvgIpc) is 3.76. The van der Waals surface area contributed by atoms with E-state index >= 15 is 4.39 Å². The molecule has 1 unspecified atom stereocenters. The lowest BCUT2D eigenvalue weighted by molar-refractivity contribution is -0.157. The number of nitrogens with one attached hydrogen (secondary N) is 2. The lowest BCUT2D eigenvalue weighted by Gasteiger charge is -2.38. The fourth-order valence-electron chi connectivity index (χ4n) is 10.7. The summed E-state index contributed by atoms with van der Waals surface area (Å²) in [4.78, 5) is 47.3. The number of likely N-dealkylation sites (tertiary alicyclic amines) is 1. The number of anilines is 2. The molecule has 17 nitrogen and oxygen atoms in total. The number of carbonyl (C=O) groups is 3. The number of halogens is 3. The molecule has 2 saturated carbocycles. The van der Waals surface area contributed by atoms with Gasteiger partial charge in [0, 0.05) is 56.9 Å². The molecule has 20 heteroatoms. The van der Waals surface area contributed by atoms with Gasteiger partial charge in [0.2, 0.25) is 11.8 Å². The van der Waals surface area contributed by atoms with Crippen molar-refractivity contribution in [2.24, 2.45) is 5.92 Å². The van der Waals surface area contributed by atoms with E-state index in [1.807, 2.05) is 28.9 Å². The first-order chi connectivity index (χ1) is 33.6. The Balaban J connectivity index is 0.658. The van der Waals surface area contributed by atoms with Crippen LogP contribution in [0, 0.1) is 17.8 Å². The van der Waals surface area contributed by atoms with E-state index in [0.717, 1.165) is 74.6 Å². The Kier molecular flexibility index (Phi) is 12.9. The summed E-state index contributed by atoms with van der Waals surface area (Å²) in [7, 11) is 0. The van der Waals surface area contributed by atoms with Crippen LogP contribution in [0.15, 0.2) is 42.9 Å². The normalized spacial score (nSPS) is 25.2. The Bertz CT molecular complexity index is 2780. The van der Waals surface area contributed by atoms with Gasteiger partial charge in [0.1, 0.15) is 30.3 Å². The number of nitrogens with zero attached hydrogens (tertiary/aromatic N) is 9. The Morgan fingerprint density at radius 2 is 1.77 bits per heavy atom. The van der Waals surface area contributed by atoms with Crippen molar-refractivity contribution in [1.82, 2.24) is 44.4 Å². The van der Waals surface area contributed by atoms with Gasteiger partial charge in [-0.05, 0) is 82.3 Å². The van der Waals surface area contributed by atoms with Crippen LogP contribution in [-0.4, -0.2) is 134 Å². The number of ether oxygens (including phenoxy) is 3. The van der Waals surface area contributed by atoms with Gasteiger partial charge in [-0.3, -0.25) is 34.0 Å². The molecule has 6 fully saturated rings. The summed E-state index contributed by atoms with van der Waals surface area (Å²) < 4.78 is 66.7. The first-order valence-electron chi connectivity index (χ1n) is 24.4. The van der Waals surface area contributed by atoms with E-state index in [1.165, 1.54) is 16.9 Å². The maximum absolute atomic E-state index is 15.6. The molecule has 364 valence electrons. The smallest absolute Gasteiger partial charge is 0.284 e. The first kappa shape index (κ1) is 45.6. The van der Waals surface area contributed by atoms with E-state index in [9.17, 15) is 23.2 Å². The highest BCUT2D eigenvalue weighted by molar-refractivity contribution is 6.08. The van der Waals surface area contributed by atoms with Crippen LogP contribution < -0.4 is 15.5 Å². The van der Waals surface area contributed by atoms with E-state index in [-0.39, 0.29) is 66.9 Å². The number of hydrogen-bond acceptors (Lipinski definition) is 12. The van der Waals surface area contributed by atoms with Gasteiger partial charge < -0.3 is 24.4 Å². The summed E-state index contributed by atoms with van der Waals surface area (Å²) in [6.07, 6.45) is 8.33. The van der Waals surface area contributed by atoms with Crippen LogP contribution in [0.5, 0.6) is 0 Å². The second-order valence-electron chi connectivity index (χ2n) is 19.4. The van der Waals surface area contributed by atoms with Gasteiger partial charge in [0.15, 0.2) is 11.3 Å². The van der Waals surface area contributed by atoms with Crippen molar-refractivity contribution in [3.63, 3.8) is 0 Å². The zero-order chi connectivity index (χ0) is 47.2. The zero-order valence-corrected chi connectivity index (χ0v) is 38.3. The van der Waals surface area contributed by atoms with Crippen molar-refractivity contribution in [1.29, 1.82) is 0 Å². The number of piperidine rings is 3. The second-order valence-corrected chi connectivity index (χ2v) is 19.4. The van der Waals surface area contributed by atoms with Crippen LogP contribution in [-0.2, 0) is 23.8 Å². The molecule has 8 heterocycles. The van der Waals surface area contributed by atoms with Crippen molar-refractivity contribution in [3.05, 3.63) is 65.4 Å². The molecule has 69 heavy (non-hydrogen) atoms. The number of benzene rings is 1. The van der Waals surface area contributed by atoms with E-state index in [2.05, 4.69) is 42.5 Å². The van der Waals surface area contributed by atoms with E-state index in [0.29, 0.717) is 68.5 Å². The maximum Gasteiger partial charge on any atom is 0.284 e. The summed E-state index contributed by atoms with van der Waals surface area (Å²) in [6, 6.07) is 7.74. The summed E-state index contributed by atoms with van der Waals surface area (Å²) in [5.74, 6) is 5.66. The number of para-hydroxylation sites is 1. The van der Waals surface area contributed by atoms with Crippen LogP contribution in [0.3, 0.4) is 0 Å². The van der Waals surface area contributed by atoms with Crippen molar-refractivity contribution in [2.45, 2.75) is 120 Å². The highest BCUT2D eigenvalue weighted by Gasteiger charge is 2.37. The lowest BCUT2D eigenvalue weighted by Crippen LogP contribution is -2.47. The number of fused-ring (bicyclic) bond motifs is 2. The van der Waals surface area contributed by atoms with Crippen LogP contribution in [0.25, 0.3) is 16.6 Å². The van der Waals surface area contributed by atoms with Crippen molar-refractivity contribution < 1.29 is 41.8 Å². The summed E-state index contributed by atoms with van der Waals surface area (Å²) in [5, 5.41) is 19.4. The zero-order valence-electron chi connectivity index (χ0n) is 38.3. The van der Waals surface area contributed by atoms with E-state index < -0.39 is 36.2 Å². The average molecular weight is 952 g/mol. The largest absolute Gasteiger partial charge is 0.376 e. The third-order valence-electron chi connectivity index (χ3n) is 14.7. The molecule has 2 aliphatic carbocycles. The third-order valence-corrected chi connectivity index (χ3v) is 14.7. The predicted molar refractivity (Wildman–Crippen MR) is 246 cm³/mol. The van der Waals surface area contributed by atoms with Crippen molar-refractivity contribution in [2.75, 3.05) is 62.8 Å². The SMILES string of the molecule is O=C1CCC(c2nn(C3CC3)c3c(C#CCO[C@@H]4CCN(CC5CCC(n6cc(NC(=O)c7cnn8ccc(N9CCC(OC%10COC%10)CC9)nc78)c(C(F)F)n6)CC5)C[C@@H]4F)cccc23)C(=O)N1. The molecular formula is C49H56F3N11O6. The fraction of sp³-hybridized carbons (Fsp3) is 0.571. The number of imide groups is 1. The topological polar surface area (TPSA) is 175 Å². The lowest BCUT2D eigenvalue weighted by atomic mass is 9.85. The van der Waals surface area contributed by atoms with E-state index in [1.54, 1.807) is 10.9 Å². The minimum Gasteiger partial charge on any atom is -0.376 e. The predicted octanol–water partition coefficient (Wildman–Crippen LogP) is 5.92. The first-order valence-corrected chi connectivity index (χ1v) is 24.4. The minimum absolute atomic E-state index is 0.0457. The number of amides is 3. The van der Waals surface area contributed by atoms with Crippen LogP contribution in [0.4, 0.5) is 24.7 Å².